The molecule has 1 aliphatic rings. The van der Waals surface area contributed by atoms with Crippen molar-refractivity contribution in [2.45, 2.75) is 463 Å². The Morgan fingerprint density at radius 1 is 0.416 bits per heavy atom. The minimum absolute atomic E-state index is 0.00703. The van der Waals surface area contributed by atoms with Gasteiger partial charge in [0.2, 0.25) is 11.8 Å². The van der Waals surface area contributed by atoms with Crippen LogP contribution in [0.1, 0.15) is 420 Å². The smallest absolute Gasteiger partial charge is 0.469 e. The standard InChI is InChI=1S/C83H161N2O15P/c1-7-13-19-25-31-37-40-46-52-58-72(95-61-55-49-43-34-28-22-16-10-4)64-78(87)84-75(82(90)91)69-98-76-67-83(70-86,71-99-101(92,93)94)68-77(100-80(89)66-74(60-54-48-42-39-33-27-21-15-9-3)97-63-57-51-45-36-30-24-18-12-6)81(76)85-79(88)65-73(59-53-47-41-38-32-26-20-14-8-2)96-62-56-50-44-35-29-23-17-11-5/h72-77,81,86H,7-71H2,1-6H3,(H,84,87)(H,85,88)(H,90,91)(H2,92,93,94)/t72-,73-,74-,75+,76-,77?,81?,83?/m1/s1. The zero-order valence-electron chi connectivity index (χ0n) is 66.2. The van der Waals surface area contributed by atoms with Gasteiger partial charge in [0.1, 0.15) is 6.10 Å². The zero-order chi connectivity index (χ0) is 74.0. The average molecular weight is 1460 g/mol. The summed E-state index contributed by atoms with van der Waals surface area (Å²) in [5, 5.41) is 28.1. The molecule has 0 heterocycles. The van der Waals surface area contributed by atoms with Gasteiger partial charge in [-0.15, -0.1) is 0 Å². The Morgan fingerprint density at radius 3 is 1.03 bits per heavy atom. The van der Waals surface area contributed by atoms with Crippen molar-refractivity contribution in [3.05, 3.63) is 0 Å². The minimum atomic E-state index is -5.13. The molecule has 2 amide bonds. The van der Waals surface area contributed by atoms with Crippen LogP contribution in [0.3, 0.4) is 0 Å². The Balaban J connectivity index is 3.76. The van der Waals surface area contributed by atoms with E-state index < -0.39 is 99.4 Å². The summed E-state index contributed by atoms with van der Waals surface area (Å²) in [5.74, 6) is -2.87. The lowest BCUT2D eigenvalue weighted by molar-refractivity contribution is -0.173. The fourth-order valence-corrected chi connectivity index (χ4v) is 14.8. The average Bonchev–Trinajstić information content (AvgIpc) is 0.780. The summed E-state index contributed by atoms with van der Waals surface area (Å²) in [4.78, 5) is 77.3. The van der Waals surface area contributed by atoms with E-state index in [2.05, 4.69) is 52.2 Å². The molecule has 0 aromatic rings. The number of phosphoric acid groups is 1. The molecule has 0 aliphatic heterocycles. The summed E-state index contributed by atoms with van der Waals surface area (Å²) in [6.07, 6.45) is 56.1. The van der Waals surface area contributed by atoms with Crippen LogP contribution in [0.25, 0.3) is 0 Å². The van der Waals surface area contributed by atoms with Crippen LogP contribution in [-0.4, -0.2) is 126 Å². The molecular weight excluding hydrogens is 1300 g/mol. The molecule has 598 valence electrons. The number of phosphoric ester groups is 1. The van der Waals surface area contributed by atoms with E-state index in [1.807, 2.05) is 0 Å². The molecule has 0 radical (unpaired) electrons. The van der Waals surface area contributed by atoms with Crippen molar-refractivity contribution in [2.24, 2.45) is 5.41 Å². The predicted octanol–water partition coefficient (Wildman–Crippen LogP) is 21.7. The molecule has 0 spiro atoms. The molecule has 6 N–H and O–H groups in total. The molecule has 0 saturated heterocycles. The van der Waals surface area contributed by atoms with Crippen LogP contribution in [0.5, 0.6) is 0 Å². The summed E-state index contributed by atoms with van der Waals surface area (Å²) < 4.78 is 50.3. The third-order valence-corrected chi connectivity index (χ3v) is 21.3. The summed E-state index contributed by atoms with van der Waals surface area (Å²) in [7, 11) is -5.13. The number of amides is 2. The molecule has 1 saturated carbocycles. The Hall–Kier alpha value is -2.21. The van der Waals surface area contributed by atoms with E-state index in [1.54, 1.807) is 0 Å². The highest BCUT2D eigenvalue weighted by Gasteiger charge is 2.50. The highest BCUT2D eigenvalue weighted by atomic mass is 31.2. The van der Waals surface area contributed by atoms with E-state index in [9.17, 15) is 43.7 Å². The number of carboxylic acid groups (broad SMARTS) is 1. The number of carbonyl (C=O) groups excluding carboxylic acids is 3. The monoisotopic (exact) mass is 1460 g/mol. The number of hydrogen-bond acceptors (Lipinski definition) is 12. The maximum absolute atomic E-state index is 14.9. The quantitative estimate of drug-likeness (QED) is 0.0188. The van der Waals surface area contributed by atoms with Gasteiger partial charge < -0.3 is 54.3 Å². The predicted molar refractivity (Wildman–Crippen MR) is 414 cm³/mol. The second-order valence-corrected chi connectivity index (χ2v) is 31.9. The first-order valence-electron chi connectivity index (χ1n) is 42.9. The summed E-state index contributed by atoms with van der Waals surface area (Å²) >= 11 is 0. The van der Waals surface area contributed by atoms with E-state index in [0.717, 1.165) is 128 Å². The molecule has 1 fully saturated rings. The lowest BCUT2D eigenvalue weighted by Crippen LogP contribution is -2.61. The molecule has 0 aromatic carbocycles. The van der Waals surface area contributed by atoms with Crippen LogP contribution in [0, 0.1) is 5.41 Å². The first kappa shape index (κ1) is 96.8. The van der Waals surface area contributed by atoms with Crippen LogP contribution in [0.2, 0.25) is 0 Å². The Kier molecular flexibility index (Phi) is 65.5. The SMILES string of the molecule is CCCCCCCCCCC[C@H](CC(=O)NC1C(OC(=O)C[C@@H](CCCCCCCCCCC)OCCCCCCCCCC)CC(CO)(COP(=O)(O)O)C[C@H]1OC[C@H](NC(=O)C[C@@H](CCCCCCCCCCC)OCCCCCCCCCC)C(=O)O)OCCCCCCCCCC. The number of rotatable bonds is 77. The second kappa shape index (κ2) is 68.3. The summed E-state index contributed by atoms with van der Waals surface area (Å²) in [6.45, 7) is 12.9. The number of aliphatic hydroxyl groups excluding tert-OH is 1. The number of ether oxygens (including phenoxy) is 5. The number of nitrogens with one attached hydrogen (secondary N) is 2. The van der Waals surface area contributed by atoms with Crippen LogP contribution in [0.15, 0.2) is 0 Å². The molecule has 1 rings (SSSR count). The minimum Gasteiger partial charge on any atom is -0.480 e. The highest BCUT2D eigenvalue weighted by molar-refractivity contribution is 7.46. The maximum atomic E-state index is 14.9. The van der Waals surface area contributed by atoms with Gasteiger partial charge in [0.25, 0.3) is 0 Å². The molecule has 1 aliphatic carbocycles. The van der Waals surface area contributed by atoms with Crippen molar-refractivity contribution in [1.82, 2.24) is 10.6 Å². The Labute approximate surface area is 619 Å². The van der Waals surface area contributed by atoms with E-state index in [4.69, 9.17) is 28.2 Å². The first-order chi connectivity index (χ1) is 49.1. The van der Waals surface area contributed by atoms with Gasteiger partial charge in [-0.1, -0.05) is 350 Å². The van der Waals surface area contributed by atoms with Crippen molar-refractivity contribution < 1.29 is 72.0 Å². The van der Waals surface area contributed by atoms with Gasteiger partial charge >= 0.3 is 19.8 Å². The molecule has 18 heteroatoms. The number of carbonyl (C=O) groups is 4. The molecule has 101 heavy (non-hydrogen) atoms. The van der Waals surface area contributed by atoms with E-state index >= 15 is 0 Å². The molecule has 0 aromatic heterocycles. The normalized spacial score (nSPS) is 17.6. The highest BCUT2D eigenvalue weighted by Crippen LogP contribution is 2.45. The Bertz CT molecular complexity index is 1880. The maximum Gasteiger partial charge on any atom is 0.469 e. The number of hydrogen-bond donors (Lipinski definition) is 6. The van der Waals surface area contributed by atoms with Gasteiger partial charge in [0.05, 0.1) is 69.5 Å². The Morgan fingerprint density at radius 2 is 0.713 bits per heavy atom. The number of aliphatic carboxylic acids is 1. The molecule has 17 nitrogen and oxygen atoms in total. The van der Waals surface area contributed by atoms with Gasteiger partial charge in [-0.25, -0.2) is 9.36 Å². The topological polar surface area (TPSA) is 246 Å². The van der Waals surface area contributed by atoms with Gasteiger partial charge in [-0.3, -0.25) is 18.9 Å². The van der Waals surface area contributed by atoms with E-state index in [1.165, 1.54) is 199 Å². The fraction of sp³-hybridized carbons (Fsp3) is 0.952. The number of carboxylic acids is 1. The fourth-order valence-electron chi connectivity index (χ4n) is 14.4. The molecule has 0 bridgehead atoms. The zero-order valence-corrected chi connectivity index (χ0v) is 67.1. The van der Waals surface area contributed by atoms with Crippen LogP contribution in [-0.2, 0) is 52.0 Å². The van der Waals surface area contributed by atoms with E-state index in [-0.39, 0.29) is 32.1 Å². The van der Waals surface area contributed by atoms with Crippen molar-refractivity contribution in [3.63, 3.8) is 0 Å². The van der Waals surface area contributed by atoms with Gasteiger partial charge in [-0.2, -0.15) is 0 Å². The summed E-state index contributed by atoms with van der Waals surface area (Å²) in [5.41, 5.74) is -1.50. The summed E-state index contributed by atoms with van der Waals surface area (Å²) in [6, 6.07) is -2.70. The van der Waals surface area contributed by atoms with Gasteiger partial charge in [-0.05, 0) is 51.4 Å². The largest absolute Gasteiger partial charge is 0.480 e. The lowest BCUT2D eigenvalue weighted by Gasteiger charge is -2.47. The van der Waals surface area contributed by atoms with Crippen LogP contribution < -0.4 is 10.6 Å². The molecule has 3 unspecified atom stereocenters. The second-order valence-electron chi connectivity index (χ2n) is 30.6. The van der Waals surface area contributed by atoms with Crippen molar-refractivity contribution >= 4 is 31.6 Å². The third kappa shape index (κ3) is 57.6. The van der Waals surface area contributed by atoms with Crippen LogP contribution >= 0.6 is 7.82 Å². The van der Waals surface area contributed by atoms with E-state index in [0.29, 0.717) is 39.1 Å². The van der Waals surface area contributed by atoms with Crippen molar-refractivity contribution in [3.8, 4) is 0 Å². The van der Waals surface area contributed by atoms with Gasteiger partial charge in [0.15, 0.2) is 6.04 Å². The third-order valence-electron chi connectivity index (χ3n) is 20.8. The number of esters is 1. The lowest BCUT2D eigenvalue weighted by atomic mass is 9.70. The molecule has 8 atom stereocenters. The van der Waals surface area contributed by atoms with Gasteiger partial charge in [0, 0.05) is 25.2 Å². The van der Waals surface area contributed by atoms with Crippen molar-refractivity contribution in [2.75, 3.05) is 39.6 Å². The number of unbranched alkanes of at least 4 members (excludes halogenated alkanes) is 45. The first-order valence-corrected chi connectivity index (χ1v) is 44.4. The molecular formula is C83H161N2O15P. The van der Waals surface area contributed by atoms with Crippen molar-refractivity contribution in [1.29, 1.82) is 0 Å². The van der Waals surface area contributed by atoms with Crippen LogP contribution in [0.4, 0.5) is 0 Å². The number of aliphatic hydroxyl groups is 1.